The maximum atomic E-state index is 5.67. The second-order valence-corrected chi connectivity index (χ2v) is 2.05. The van der Waals surface area contributed by atoms with Crippen LogP contribution in [0, 0.1) is 0 Å². The van der Waals surface area contributed by atoms with Gasteiger partial charge in [-0.25, -0.2) is 20.0 Å². The van der Waals surface area contributed by atoms with Gasteiger partial charge in [-0.2, -0.15) is 0 Å². The molecule has 0 aromatic carbocycles. The summed E-state index contributed by atoms with van der Waals surface area (Å²) in [4.78, 5) is 15.3. The van der Waals surface area contributed by atoms with Gasteiger partial charge in [-0.15, -0.1) is 0 Å². The van der Waals surface area contributed by atoms with Crippen LogP contribution in [0.4, 0.5) is 0 Å². The van der Waals surface area contributed by atoms with Gasteiger partial charge in [-0.05, 0) is 0 Å². The van der Waals surface area contributed by atoms with Crippen LogP contribution in [0.3, 0.4) is 0 Å². The molecule has 2 rings (SSSR count). The minimum Gasteiger partial charge on any atom is -0.296 e. The van der Waals surface area contributed by atoms with E-state index in [4.69, 9.17) is 5.73 Å². The molecule has 0 fully saturated rings. The Kier molecular flexibility index (Phi) is 0.853. The molecule has 0 spiro atoms. The van der Waals surface area contributed by atoms with E-state index in [0.717, 1.165) is 0 Å². The molecular formula is C5H5N5. The molecule has 0 radical (unpaired) electrons. The fourth-order valence-electron chi connectivity index (χ4n) is 0.803. The Labute approximate surface area is 57.1 Å². The third-order valence-corrected chi connectivity index (χ3v) is 1.33. The molecule has 5 nitrogen and oxygen atoms in total. The molecule has 2 aliphatic heterocycles. The number of fused-ring (bicyclic) bond motifs is 1. The zero-order valence-electron chi connectivity index (χ0n) is 5.10. The number of hydrogen-bond donors (Lipinski definition) is 1. The molecule has 1 unspecified atom stereocenters. The molecule has 10 heavy (non-hydrogen) atoms. The molecule has 0 aromatic heterocycles. The average Bonchev–Trinajstić information content (AvgIpc) is 2.29. The number of nitrogens with zero attached hydrogens (tertiary/aromatic N) is 4. The third-order valence-electron chi connectivity index (χ3n) is 1.33. The van der Waals surface area contributed by atoms with Gasteiger partial charge in [-0.1, -0.05) is 0 Å². The maximum absolute atomic E-state index is 5.67. The zero-order valence-corrected chi connectivity index (χ0v) is 5.10. The van der Waals surface area contributed by atoms with Crippen LogP contribution in [-0.4, -0.2) is 30.4 Å². The van der Waals surface area contributed by atoms with Crippen molar-refractivity contribution in [3.63, 3.8) is 0 Å². The Bertz CT molecular complexity index is 274. The van der Waals surface area contributed by atoms with Crippen LogP contribution in [-0.2, 0) is 0 Å². The third kappa shape index (κ3) is 0.548. The van der Waals surface area contributed by atoms with Crippen LogP contribution >= 0.6 is 0 Å². The summed E-state index contributed by atoms with van der Waals surface area (Å²) in [6.45, 7) is 0. The fraction of sp³-hybridized carbons (Fsp3) is 0.200. The van der Waals surface area contributed by atoms with Gasteiger partial charge in [0.25, 0.3) is 0 Å². The molecule has 0 aromatic rings. The first-order valence-corrected chi connectivity index (χ1v) is 2.79. The summed E-state index contributed by atoms with van der Waals surface area (Å²) in [6.07, 6.45) is 4.31. The predicted molar refractivity (Wildman–Crippen MR) is 39.8 cm³/mol. The Morgan fingerprint density at radius 2 is 2.30 bits per heavy atom. The van der Waals surface area contributed by atoms with Gasteiger partial charge in [-0.3, -0.25) is 5.73 Å². The van der Waals surface area contributed by atoms with Gasteiger partial charge < -0.3 is 0 Å². The summed E-state index contributed by atoms with van der Waals surface area (Å²) >= 11 is 0. The van der Waals surface area contributed by atoms with Crippen molar-refractivity contribution < 1.29 is 0 Å². The monoisotopic (exact) mass is 135 g/mol. The van der Waals surface area contributed by atoms with E-state index in [1.807, 2.05) is 0 Å². The molecule has 1 atom stereocenters. The standard InChI is InChI=1S/C5H5N5/c6-5-1-7-2-8-4(5)9-3-10-5/h1-3H,6H2. The van der Waals surface area contributed by atoms with Crippen molar-refractivity contribution in [2.45, 2.75) is 5.66 Å². The van der Waals surface area contributed by atoms with Crippen LogP contribution in [0.15, 0.2) is 20.0 Å². The summed E-state index contributed by atoms with van der Waals surface area (Å²) in [7, 11) is 0. The van der Waals surface area contributed by atoms with Crippen LogP contribution < -0.4 is 5.73 Å². The van der Waals surface area contributed by atoms with Crippen molar-refractivity contribution in [3.05, 3.63) is 0 Å². The van der Waals surface area contributed by atoms with Crippen molar-refractivity contribution in [1.29, 1.82) is 0 Å². The minimum absolute atomic E-state index is 0.502. The van der Waals surface area contributed by atoms with E-state index in [-0.39, 0.29) is 0 Å². The van der Waals surface area contributed by atoms with E-state index in [9.17, 15) is 0 Å². The molecule has 0 saturated carbocycles. The van der Waals surface area contributed by atoms with E-state index in [1.54, 1.807) is 0 Å². The SMILES string of the molecule is NC12C=NC=NC1=NC=N2. The Balaban J connectivity index is 2.51. The number of nitrogens with two attached hydrogens (primary N) is 1. The lowest BCUT2D eigenvalue weighted by Gasteiger charge is -2.15. The van der Waals surface area contributed by atoms with E-state index in [2.05, 4.69) is 20.0 Å². The Hall–Kier alpha value is -1.36. The summed E-state index contributed by atoms with van der Waals surface area (Å²) in [5.74, 6) is 0.502. The Morgan fingerprint density at radius 3 is 3.10 bits per heavy atom. The summed E-state index contributed by atoms with van der Waals surface area (Å²) in [5, 5.41) is 0. The zero-order chi connectivity index (χ0) is 7.03. The van der Waals surface area contributed by atoms with Crippen LogP contribution in [0.25, 0.3) is 0 Å². The van der Waals surface area contributed by atoms with E-state index in [1.165, 1.54) is 18.9 Å². The van der Waals surface area contributed by atoms with E-state index in [0.29, 0.717) is 5.84 Å². The number of rotatable bonds is 0. The van der Waals surface area contributed by atoms with Gasteiger partial charge in [0, 0.05) is 0 Å². The highest BCUT2D eigenvalue weighted by Crippen LogP contribution is 2.11. The number of aliphatic imine (C=N–C) groups is 4. The smallest absolute Gasteiger partial charge is 0.206 e. The highest BCUT2D eigenvalue weighted by Gasteiger charge is 2.32. The Morgan fingerprint density at radius 1 is 1.40 bits per heavy atom. The fourth-order valence-corrected chi connectivity index (χ4v) is 0.803. The van der Waals surface area contributed by atoms with Crippen LogP contribution in [0.5, 0.6) is 0 Å². The normalized spacial score (nSPS) is 34.3. The van der Waals surface area contributed by atoms with Crippen molar-refractivity contribution in [2.75, 3.05) is 0 Å². The van der Waals surface area contributed by atoms with Gasteiger partial charge in [0.2, 0.25) is 5.66 Å². The van der Waals surface area contributed by atoms with Crippen molar-refractivity contribution in [3.8, 4) is 0 Å². The molecule has 0 saturated heterocycles. The lowest BCUT2D eigenvalue weighted by molar-refractivity contribution is 0.813. The average molecular weight is 135 g/mol. The molecule has 0 aliphatic carbocycles. The van der Waals surface area contributed by atoms with Gasteiger partial charge in [0.05, 0.1) is 6.21 Å². The quantitative estimate of drug-likeness (QED) is 0.463. The minimum atomic E-state index is -0.880. The first kappa shape index (κ1) is 5.43. The molecule has 0 bridgehead atoms. The molecule has 0 amide bonds. The molecule has 50 valence electrons. The first-order valence-electron chi connectivity index (χ1n) is 2.79. The second kappa shape index (κ2) is 1.57. The highest BCUT2D eigenvalue weighted by atomic mass is 15.2. The summed E-state index contributed by atoms with van der Waals surface area (Å²) < 4.78 is 0. The van der Waals surface area contributed by atoms with Crippen molar-refractivity contribution >= 4 is 24.7 Å². The molecule has 2 aliphatic rings. The van der Waals surface area contributed by atoms with Crippen molar-refractivity contribution in [1.82, 2.24) is 0 Å². The predicted octanol–water partition coefficient (Wildman–Crippen LogP) is -0.806. The molecule has 2 heterocycles. The summed E-state index contributed by atoms with van der Waals surface area (Å²) in [6, 6.07) is 0. The van der Waals surface area contributed by atoms with Crippen LogP contribution in [0.2, 0.25) is 0 Å². The van der Waals surface area contributed by atoms with E-state index < -0.39 is 5.66 Å². The maximum Gasteiger partial charge on any atom is 0.206 e. The lowest BCUT2D eigenvalue weighted by atomic mass is 10.2. The van der Waals surface area contributed by atoms with Gasteiger partial charge in [0.15, 0.2) is 5.84 Å². The largest absolute Gasteiger partial charge is 0.296 e. The number of amidine groups is 1. The lowest BCUT2D eigenvalue weighted by Crippen LogP contribution is -2.46. The molecule has 5 heteroatoms. The first-order chi connectivity index (χ1) is 4.81. The second-order valence-electron chi connectivity index (χ2n) is 2.05. The molecule has 2 N–H and O–H groups in total. The molecular weight excluding hydrogens is 130 g/mol. The van der Waals surface area contributed by atoms with Crippen molar-refractivity contribution in [2.24, 2.45) is 25.7 Å². The number of hydrogen-bond acceptors (Lipinski definition) is 5. The van der Waals surface area contributed by atoms with Crippen LogP contribution in [0.1, 0.15) is 0 Å². The van der Waals surface area contributed by atoms with E-state index >= 15 is 0 Å². The highest BCUT2D eigenvalue weighted by molar-refractivity contribution is 6.17. The van der Waals surface area contributed by atoms with Gasteiger partial charge in [0.1, 0.15) is 12.7 Å². The topological polar surface area (TPSA) is 75.5 Å². The summed E-state index contributed by atoms with van der Waals surface area (Å²) in [5.41, 5.74) is 4.79. The van der Waals surface area contributed by atoms with Gasteiger partial charge >= 0.3 is 0 Å².